The molecule has 0 aromatic heterocycles. The molecule has 0 unspecified atom stereocenters. The summed E-state index contributed by atoms with van der Waals surface area (Å²) < 4.78 is 6.04. The van der Waals surface area contributed by atoms with Gasteiger partial charge in [-0.15, -0.1) is 0 Å². The predicted octanol–water partition coefficient (Wildman–Crippen LogP) is 5.17. The number of nitrogens with zero attached hydrogens (tertiary/aromatic N) is 2. The minimum atomic E-state index is 0.0760. The second-order valence-electron chi connectivity index (χ2n) is 8.94. The summed E-state index contributed by atoms with van der Waals surface area (Å²) in [5.74, 6) is 1.01. The average Bonchev–Trinajstić information content (AvgIpc) is 3.36. The smallest absolute Gasteiger partial charge is 0.254 e. The fourth-order valence-electron chi connectivity index (χ4n) is 4.88. The van der Waals surface area contributed by atoms with Gasteiger partial charge in [0.1, 0.15) is 5.75 Å². The second kappa shape index (κ2) is 10.7. The van der Waals surface area contributed by atoms with Crippen LogP contribution in [0.25, 0.3) is 0 Å². The van der Waals surface area contributed by atoms with Crippen LogP contribution < -0.4 is 4.74 Å². The molecule has 2 aromatic rings. The summed E-state index contributed by atoms with van der Waals surface area (Å²) in [6.45, 7) is 4.20. The zero-order chi connectivity index (χ0) is 22.3. The Bertz CT molecular complexity index is 883. The van der Waals surface area contributed by atoms with E-state index in [0.29, 0.717) is 24.8 Å². The molecule has 2 aromatic carbocycles. The highest BCUT2D eigenvalue weighted by molar-refractivity contribution is 5.95. The molecule has 1 saturated carbocycles. The first kappa shape index (κ1) is 22.4. The third-order valence-corrected chi connectivity index (χ3v) is 6.64. The lowest BCUT2D eigenvalue weighted by Gasteiger charge is -2.38. The van der Waals surface area contributed by atoms with Crippen LogP contribution in [0.1, 0.15) is 72.6 Å². The number of hydrogen-bond acceptors (Lipinski definition) is 3. The van der Waals surface area contributed by atoms with Crippen LogP contribution in [0, 0.1) is 0 Å². The second-order valence-corrected chi connectivity index (χ2v) is 8.94. The van der Waals surface area contributed by atoms with E-state index in [1.807, 2.05) is 64.4 Å². The molecule has 0 spiro atoms. The maximum Gasteiger partial charge on any atom is 0.254 e. The molecule has 2 fully saturated rings. The molecule has 0 bridgehead atoms. The van der Waals surface area contributed by atoms with Gasteiger partial charge < -0.3 is 14.5 Å². The topological polar surface area (TPSA) is 49.9 Å². The van der Waals surface area contributed by atoms with Crippen molar-refractivity contribution in [3.63, 3.8) is 0 Å². The first-order chi connectivity index (χ1) is 15.7. The Hall–Kier alpha value is -2.82. The Labute approximate surface area is 191 Å². The van der Waals surface area contributed by atoms with Gasteiger partial charge in [0.25, 0.3) is 11.8 Å². The van der Waals surface area contributed by atoms with E-state index in [9.17, 15) is 9.59 Å². The van der Waals surface area contributed by atoms with Crippen LogP contribution in [-0.4, -0.2) is 53.4 Å². The molecule has 4 rings (SSSR count). The maximum absolute atomic E-state index is 13.3. The van der Waals surface area contributed by atoms with Crippen molar-refractivity contribution in [3.05, 3.63) is 65.7 Å². The zero-order valence-corrected chi connectivity index (χ0v) is 19.0. The molecule has 0 N–H and O–H groups in total. The summed E-state index contributed by atoms with van der Waals surface area (Å²) in [7, 11) is 0. The van der Waals surface area contributed by atoms with Gasteiger partial charge in [0.2, 0.25) is 0 Å². The number of carbonyl (C=O) groups is 2. The summed E-state index contributed by atoms with van der Waals surface area (Å²) in [5.41, 5.74) is 1.44. The van der Waals surface area contributed by atoms with E-state index in [4.69, 9.17) is 4.74 Å². The Morgan fingerprint density at radius 1 is 0.906 bits per heavy atom. The molecule has 1 heterocycles. The van der Waals surface area contributed by atoms with Crippen LogP contribution in [-0.2, 0) is 0 Å². The van der Waals surface area contributed by atoms with Crippen molar-refractivity contribution in [1.29, 1.82) is 0 Å². The number of amides is 2. The number of likely N-dealkylation sites (tertiary alicyclic amines) is 1. The Morgan fingerprint density at radius 3 is 2.19 bits per heavy atom. The quantitative estimate of drug-likeness (QED) is 0.604. The van der Waals surface area contributed by atoms with Gasteiger partial charge >= 0.3 is 0 Å². The monoisotopic (exact) mass is 434 g/mol. The normalized spacial score (nSPS) is 17.3. The number of carbonyl (C=O) groups excluding carboxylic acids is 2. The van der Waals surface area contributed by atoms with Crippen molar-refractivity contribution in [2.45, 2.75) is 64.0 Å². The largest absolute Gasteiger partial charge is 0.490 e. The first-order valence-corrected chi connectivity index (χ1v) is 12.1. The molecule has 1 saturated heterocycles. The summed E-state index contributed by atoms with van der Waals surface area (Å²) in [6, 6.07) is 17.2. The zero-order valence-electron chi connectivity index (χ0n) is 19.0. The van der Waals surface area contributed by atoms with E-state index in [1.54, 1.807) is 0 Å². The Morgan fingerprint density at radius 2 is 1.56 bits per heavy atom. The molecule has 1 aliphatic carbocycles. The van der Waals surface area contributed by atoms with Gasteiger partial charge in [-0.1, -0.05) is 25.1 Å². The standard InChI is InChI=1S/C27H34N2O3/c1-2-18-29(23-16-19-28(20-17-23)26(30)21-8-4-3-5-9-21)27(31)22-12-14-25(15-13-22)32-24-10-6-7-11-24/h3-5,8-9,12-15,23-24H,2,6-7,10-11,16-20H2,1H3. The van der Waals surface area contributed by atoms with Crippen LogP contribution in [0.3, 0.4) is 0 Å². The summed E-state index contributed by atoms with van der Waals surface area (Å²) >= 11 is 0. The highest BCUT2D eigenvalue weighted by Gasteiger charge is 2.30. The van der Waals surface area contributed by atoms with E-state index in [-0.39, 0.29) is 17.9 Å². The number of rotatable bonds is 7. The van der Waals surface area contributed by atoms with Crippen molar-refractivity contribution in [2.24, 2.45) is 0 Å². The van der Waals surface area contributed by atoms with Crippen molar-refractivity contribution in [2.75, 3.05) is 19.6 Å². The summed E-state index contributed by atoms with van der Waals surface area (Å²) in [6.07, 6.45) is 7.58. The molecular formula is C27H34N2O3. The van der Waals surface area contributed by atoms with E-state index < -0.39 is 0 Å². The number of hydrogen-bond donors (Lipinski definition) is 0. The molecular weight excluding hydrogens is 400 g/mol. The van der Waals surface area contributed by atoms with Crippen LogP contribution in [0.15, 0.2) is 54.6 Å². The number of piperidine rings is 1. The highest BCUT2D eigenvalue weighted by atomic mass is 16.5. The van der Waals surface area contributed by atoms with Gasteiger partial charge in [-0.05, 0) is 81.3 Å². The first-order valence-electron chi connectivity index (χ1n) is 12.1. The molecule has 0 radical (unpaired) electrons. The van der Waals surface area contributed by atoms with Crippen molar-refractivity contribution < 1.29 is 14.3 Å². The Balaban J connectivity index is 1.36. The molecule has 1 aliphatic heterocycles. The van der Waals surface area contributed by atoms with E-state index in [0.717, 1.165) is 50.0 Å². The fraction of sp³-hybridized carbons (Fsp3) is 0.481. The number of ether oxygens (including phenoxy) is 1. The minimum Gasteiger partial charge on any atom is -0.490 e. The van der Waals surface area contributed by atoms with Crippen LogP contribution >= 0.6 is 0 Å². The van der Waals surface area contributed by atoms with Crippen molar-refractivity contribution >= 4 is 11.8 Å². The lowest BCUT2D eigenvalue weighted by molar-refractivity contribution is 0.0519. The van der Waals surface area contributed by atoms with Gasteiger partial charge in [0, 0.05) is 36.8 Å². The summed E-state index contributed by atoms with van der Waals surface area (Å²) in [4.78, 5) is 30.0. The third kappa shape index (κ3) is 5.32. The molecule has 5 nitrogen and oxygen atoms in total. The van der Waals surface area contributed by atoms with Crippen LogP contribution in [0.2, 0.25) is 0 Å². The van der Waals surface area contributed by atoms with Gasteiger partial charge in [0.15, 0.2) is 0 Å². The van der Waals surface area contributed by atoms with Crippen molar-refractivity contribution in [3.8, 4) is 5.75 Å². The van der Waals surface area contributed by atoms with Gasteiger partial charge in [0.05, 0.1) is 6.10 Å². The Kier molecular flexibility index (Phi) is 7.46. The molecule has 2 amide bonds. The van der Waals surface area contributed by atoms with Gasteiger partial charge in [-0.2, -0.15) is 0 Å². The lowest BCUT2D eigenvalue weighted by atomic mass is 10.0. The van der Waals surface area contributed by atoms with Crippen LogP contribution in [0.5, 0.6) is 5.75 Å². The average molecular weight is 435 g/mol. The molecule has 170 valence electrons. The maximum atomic E-state index is 13.3. The molecule has 32 heavy (non-hydrogen) atoms. The fourth-order valence-corrected chi connectivity index (χ4v) is 4.88. The predicted molar refractivity (Wildman–Crippen MR) is 126 cm³/mol. The molecule has 2 aliphatic rings. The van der Waals surface area contributed by atoms with Gasteiger partial charge in [-0.25, -0.2) is 0 Å². The molecule has 0 atom stereocenters. The summed E-state index contributed by atoms with van der Waals surface area (Å²) in [5, 5.41) is 0. The highest BCUT2D eigenvalue weighted by Crippen LogP contribution is 2.25. The van der Waals surface area contributed by atoms with Crippen molar-refractivity contribution in [1.82, 2.24) is 9.80 Å². The van der Waals surface area contributed by atoms with E-state index in [2.05, 4.69) is 6.92 Å². The SMILES string of the molecule is CCCN(C(=O)c1ccc(OC2CCCC2)cc1)C1CCN(C(=O)c2ccccc2)CC1. The molecule has 5 heteroatoms. The van der Waals surface area contributed by atoms with Crippen LogP contribution in [0.4, 0.5) is 0 Å². The van der Waals surface area contributed by atoms with E-state index in [1.165, 1.54) is 12.8 Å². The number of benzene rings is 2. The van der Waals surface area contributed by atoms with E-state index >= 15 is 0 Å². The third-order valence-electron chi connectivity index (χ3n) is 6.64. The minimum absolute atomic E-state index is 0.0760. The van der Waals surface area contributed by atoms with Gasteiger partial charge in [-0.3, -0.25) is 9.59 Å². The lowest BCUT2D eigenvalue weighted by Crippen LogP contribution is -2.49.